The smallest absolute Gasteiger partial charge is 0.417 e. The first kappa shape index (κ1) is 29.3. The lowest BCUT2D eigenvalue weighted by Crippen LogP contribution is -2.36. The first-order chi connectivity index (χ1) is 18.1. The van der Waals surface area contributed by atoms with Gasteiger partial charge in [-0.15, -0.1) is 0 Å². The Kier molecular flexibility index (Phi) is 10.8. The maximum atomic E-state index is 12.3. The Morgan fingerprint density at radius 3 is 2.32 bits per heavy atom. The van der Waals surface area contributed by atoms with E-state index in [1.165, 1.54) is 16.7 Å². The van der Waals surface area contributed by atoms with Gasteiger partial charge in [0.05, 0.1) is 0 Å². The molecule has 1 heterocycles. The minimum atomic E-state index is -0.492. The highest BCUT2D eigenvalue weighted by Gasteiger charge is 2.32. The predicted octanol–water partition coefficient (Wildman–Crippen LogP) is 9.89. The van der Waals surface area contributed by atoms with E-state index in [0.29, 0.717) is 11.4 Å². The third-order valence-electron chi connectivity index (χ3n) is 7.12. The second-order valence-electron chi connectivity index (χ2n) is 11.2. The van der Waals surface area contributed by atoms with E-state index >= 15 is 0 Å². The van der Waals surface area contributed by atoms with Gasteiger partial charge in [-0.05, 0) is 128 Å². The second kappa shape index (κ2) is 14.0. The van der Waals surface area contributed by atoms with Crippen molar-refractivity contribution in [2.24, 2.45) is 0 Å². The molecule has 2 aromatic carbocycles. The first-order valence-electron chi connectivity index (χ1n) is 13.9. The van der Waals surface area contributed by atoms with E-state index < -0.39 is 6.09 Å². The van der Waals surface area contributed by atoms with Crippen LogP contribution in [-0.4, -0.2) is 11.7 Å². The average Bonchev–Trinajstić information content (AvgIpc) is 2.85. The van der Waals surface area contributed by atoms with Crippen LogP contribution in [0, 0.1) is 6.92 Å². The number of aryl methyl sites for hydroxylation is 2. The Morgan fingerprint density at radius 2 is 1.63 bits per heavy atom. The zero-order chi connectivity index (χ0) is 27.5. The summed E-state index contributed by atoms with van der Waals surface area (Å²) < 4.78 is 12.1. The fourth-order valence-electron chi connectivity index (χ4n) is 4.81. The van der Waals surface area contributed by atoms with E-state index in [9.17, 15) is 4.79 Å². The quantitative estimate of drug-likeness (QED) is 0.303. The van der Waals surface area contributed by atoms with Gasteiger partial charge < -0.3 is 9.47 Å². The van der Waals surface area contributed by atoms with Crippen LogP contribution >= 0.6 is 0 Å². The summed E-state index contributed by atoms with van der Waals surface area (Å²) in [5.74, 6) is 1.48. The Labute approximate surface area is 229 Å². The number of allylic oxidation sites excluding steroid dienone is 6. The van der Waals surface area contributed by atoms with Gasteiger partial charge in [-0.2, -0.15) is 0 Å². The number of ether oxygens (including phenoxy) is 2. The molecule has 4 heteroatoms. The Bertz CT molecular complexity index is 1170. The summed E-state index contributed by atoms with van der Waals surface area (Å²) in [6.07, 6.45) is 15.0. The summed E-state index contributed by atoms with van der Waals surface area (Å²) >= 11 is 0. The van der Waals surface area contributed by atoms with Crippen LogP contribution in [0.4, 0.5) is 10.5 Å². The molecule has 1 amide bonds. The molecule has 2 aromatic rings. The fraction of sp³-hybridized carbons (Fsp3) is 0.441. The van der Waals surface area contributed by atoms with Gasteiger partial charge in [0, 0.05) is 5.69 Å². The van der Waals surface area contributed by atoms with Crippen molar-refractivity contribution in [3.8, 4) is 11.5 Å². The van der Waals surface area contributed by atoms with Gasteiger partial charge in [-0.1, -0.05) is 53.1 Å². The van der Waals surface area contributed by atoms with Gasteiger partial charge >= 0.3 is 6.09 Å². The number of carbonyl (C=O) groups excluding carboxylic acids is 1. The standard InChI is InChI=1S/C34H45NO3/c1-25(2)13-10-14-26(3)15-11-16-27(4)17-12-21-34(6)22-20-29-24-31(23-28(5)32(29)38-34)37-33(36)35-30-18-8-7-9-19-30/h7-9,13,15,17-19,23-24H,10-12,14,16,20-22H2,1-6H3,(H,35,36)/b26-15+,27-17+/t34-/m1/s1. The zero-order valence-corrected chi connectivity index (χ0v) is 24.2. The maximum Gasteiger partial charge on any atom is 0.417 e. The molecule has 1 N–H and O–H groups in total. The number of anilines is 1. The Morgan fingerprint density at radius 1 is 0.974 bits per heavy atom. The average molecular weight is 516 g/mol. The van der Waals surface area contributed by atoms with E-state index in [0.717, 1.165) is 68.2 Å². The number of benzene rings is 2. The zero-order valence-electron chi connectivity index (χ0n) is 24.2. The van der Waals surface area contributed by atoms with Gasteiger partial charge in [0.2, 0.25) is 0 Å². The summed E-state index contributed by atoms with van der Waals surface area (Å²) in [6, 6.07) is 13.1. The largest absolute Gasteiger partial charge is 0.487 e. The van der Waals surface area contributed by atoms with E-state index in [-0.39, 0.29) is 5.60 Å². The van der Waals surface area contributed by atoms with Gasteiger partial charge in [0.1, 0.15) is 17.1 Å². The van der Waals surface area contributed by atoms with Gasteiger partial charge in [-0.3, -0.25) is 5.32 Å². The van der Waals surface area contributed by atoms with Crippen molar-refractivity contribution in [1.82, 2.24) is 0 Å². The lowest BCUT2D eigenvalue weighted by molar-refractivity contribution is 0.0561. The van der Waals surface area contributed by atoms with Crippen molar-refractivity contribution in [2.75, 3.05) is 5.32 Å². The van der Waals surface area contributed by atoms with Gasteiger partial charge in [0.25, 0.3) is 0 Å². The molecule has 1 aliphatic rings. The molecular formula is C34H45NO3. The van der Waals surface area contributed by atoms with Crippen LogP contribution in [0.15, 0.2) is 77.4 Å². The monoisotopic (exact) mass is 515 g/mol. The van der Waals surface area contributed by atoms with Crippen LogP contribution in [-0.2, 0) is 6.42 Å². The molecule has 204 valence electrons. The van der Waals surface area contributed by atoms with Gasteiger partial charge in [0.15, 0.2) is 0 Å². The van der Waals surface area contributed by atoms with Crippen molar-refractivity contribution >= 4 is 11.8 Å². The van der Waals surface area contributed by atoms with Crippen molar-refractivity contribution < 1.29 is 14.3 Å². The molecule has 0 aliphatic carbocycles. The van der Waals surface area contributed by atoms with Crippen LogP contribution in [0.3, 0.4) is 0 Å². The molecule has 4 nitrogen and oxygen atoms in total. The number of amides is 1. The summed E-state index contributed by atoms with van der Waals surface area (Å²) in [6.45, 7) is 13.0. The highest BCUT2D eigenvalue weighted by atomic mass is 16.6. The Hall–Kier alpha value is -3.27. The number of hydrogen-bond acceptors (Lipinski definition) is 3. The van der Waals surface area contributed by atoms with E-state index in [4.69, 9.17) is 9.47 Å². The molecule has 1 atom stereocenters. The topological polar surface area (TPSA) is 47.6 Å². The van der Waals surface area contributed by atoms with E-state index in [2.05, 4.69) is 58.2 Å². The molecule has 38 heavy (non-hydrogen) atoms. The summed E-state index contributed by atoms with van der Waals surface area (Å²) in [5.41, 5.74) is 6.94. The summed E-state index contributed by atoms with van der Waals surface area (Å²) in [5, 5.41) is 2.76. The molecule has 0 fully saturated rings. The minimum absolute atomic E-state index is 0.191. The normalized spacial score (nSPS) is 17.3. The fourth-order valence-corrected chi connectivity index (χ4v) is 4.81. The third kappa shape index (κ3) is 9.55. The highest BCUT2D eigenvalue weighted by molar-refractivity contribution is 5.86. The number of fused-ring (bicyclic) bond motifs is 1. The van der Waals surface area contributed by atoms with Crippen molar-refractivity contribution in [1.29, 1.82) is 0 Å². The predicted molar refractivity (Wildman–Crippen MR) is 159 cm³/mol. The van der Waals surface area contributed by atoms with Crippen LogP contribution in [0.5, 0.6) is 11.5 Å². The molecule has 0 radical (unpaired) electrons. The van der Waals surface area contributed by atoms with E-state index in [1.807, 2.05) is 49.4 Å². The number of para-hydroxylation sites is 1. The molecule has 0 aromatic heterocycles. The molecular weight excluding hydrogens is 470 g/mol. The van der Waals surface area contributed by atoms with Crippen molar-refractivity contribution in [3.63, 3.8) is 0 Å². The molecule has 0 saturated heterocycles. The van der Waals surface area contributed by atoms with Crippen LogP contribution < -0.4 is 14.8 Å². The second-order valence-corrected chi connectivity index (χ2v) is 11.2. The molecule has 0 spiro atoms. The molecule has 0 saturated carbocycles. The number of nitrogens with one attached hydrogen (secondary N) is 1. The molecule has 0 unspecified atom stereocenters. The SMILES string of the molecule is CC(C)=CCC/C(C)=C/CC/C(C)=C/CC[C@]1(C)CCc2cc(OC(=O)Nc3ccccc3)cc(C)c2O1. The minimum Gasteiger partial charge on any atom is -0.487 e. The molecule has 1 aliphatic heterocycles. The third-order valence-corrected chi connectivity index (χ3v) is 7.12. The maximum absolute atomic E-state index is 12.3. The van der Waals surface area contributed by atoms with Gasteiger partial charge in [-0.25, -0.2) is 4.79 Å². The molecule has 3 rings (SSSR count). The van der Waals surface area contributed by atoms with Crippen LogP contribution in [0.25, 0.3) is 0 Å². The highest BCUT2D eigenvalue weighted by Crippen LogP contribution is 2.40. The lowest BCUT2D eigenvalue weighted by atomic mass is 9.87. The summed E-state index contributed by atoms with van der Waals surface area (Å²) in [7, 11) is 0. The van der Waals surface area contributed by atoms with Crippen LogP contribution in [0.2, 0.25) is 0 Å². The number of carbonyl (C=O) groups is 1. The van der Waals surface area contributed by atoms with Crippen molar-refractivity contribution in [3.05, 3.63) is 88.5 Å². The van der Waals surface area contributed by atoms with Crippen LogP contribution in [0.1, 0.15) is 90.7 Å². The number of rotatable bonds is 11. The first-order valence-corrected chi connectivity index (χ1v) is 13.9. The summed E-state index contributed by atoms with van der Waals surface area (Å²) in [4.78, 5) is 12.3. The molecule has 0 bridgehead atoms. The number of hydrogen-bond donors (Lipinski definition) is 1. The lowest BCUT2D eigenvalue weighted by Gasteiger charge is -2.37. The Balaban J connectivity index is 1.49. The van der Waals surface area contributed by atoms with Crippen molar-refractivity contribution in [2.45, 2.75) is 98.5 Å². The van der Waals surface area contributed by atoms with E-state index in [1.54, 1.807) is 0 Å².